The van der Waals surface area contributed by atoms with Gasteiger partial charge in [0.25, 0.3) is 0 Å². The molecule has 18 heavy (non-hydrogen) atoms. The van der Waals surface area contributed by atoms with Gasteiger partial charge in [-0.15, -0.1) is 0 Å². The van der Waals surface area contributed by atoms with E-state index in [9.17, 15) is 0 Å². The molecular weight excluding hydrogens is 218 g/mol. The fourth-order valence-electron chi connectivity index (χ4n) is 2.60. The molecule has 1 aromatic carbocycles. The van der Waals surface area contributed by atoms with Crippen molar-refractivity contribution in [3.63, 3.8) is 0 Å². The monoisotopic (exact) mass is 235 g/mol. The Balaban J connectivity index is 1.79. The number of benzene rings is 1. The third-order valence-corrected chi connectivity index (χ3v) is 3.58. The van der Waals surface area contributed by atoms with Crippen LogP contribution < -0.4 is 0 Å². The van der Waals surface area contributed by atoms with Crippen LogP contribution in [-0.2, 0) is 0 Å². The van der Waals surface area contributed by atoms with Crippen molar-refractivity contribution in [1.82, 2.24) is 0 Å². The van der Waals surface area contributed by atoms with Gasteiger partial charge in [-0.05, 0) is 30.6 Å². The lowest BCUT2D eigenvalue weighted by atomic mass is 9.86. The van der Waals surface area contributed by atoms with E-state index in [0.29, 0.717) is 12.0 Å². The maximum atomic E-state index is 4.67. The van der Waals surface area contributed by atoms with Crippen LogP contribution in [0.4, 0.5) is 0 Å². The first kappa shape index (κ1) is 11.2. The lowest BCUT2D eigenvalue weighted by Crippen LogP contribution is -2.15. The summed E-state index contributed by atoms with van der Waals surface area (Å²) in [4.78, 5) is 4.67. The number of nitrogens with zero attached hydrogens (tertiary/aromatic N) is 1. The summed E-state index contributed by atoms with van der Waals surface area (Å²) in [5, 5.41) is 0. The number of hydrogen-bond donors (Lipinski definition) is 0. The van der Waals surface area contributed by atoms with Crippen molar-refractivity contribution in [2.24, 2.45) is 10.9 Å². The van der Waals surface area contributed by atoms with Gasteiger partial charge in [0.2, 0.25) is 0 Å². The molecule has 0 saturated carbocycles. The third-order valence-electron chi connectivity index (χ3n) is 3.58. The van der Waals surface area contributed by atoms with E-state index in [2.05, 4.69) is 72.6 Å². The average molecular weight is 235 g/mol. The second-order valence-corrected chi connectivity index (χ2v) is 4.93. The minimum absolute atomic E-state index is 0.327. The highest BCUT2D eigenvalue weighted by Crippen LogP contribution is 2.31. The maximum Gasteiger partial charge on any atom is 0.0752 e. The van der Waals surface area contributed by atoms with Crippen LogP contribution in [-0.4, -0.2) is 11.8 Å². The summed E-state index contributed by atoms with van der Waals surface area (Å²) in [6.45, 7) is 2.07. The summed E-state index contributed by atoms with van der Waals surface area (Å²) in [6.07, 6.45) is 12.1. The summed E-state index contributed by atoms with van der Waals surface area (Å²) < 4.78 is 0. The number of allylic oxidation sites excluding steroid dienone is 4. The van der Waals surface area contributed by atoms with E-state index in [1.54, 1.807) is 0 Å². The summed E-state index contributed by atoms with van der Waals surface area (Å²) in [7, 11) is 0. The van der Waals surface area contributed by atoms with Crippen LogP contribution in [0.1, 0.15) is 18.9 Å². The summed E-state index contributed by atoms with van der Waals surface area (Å²) in [5.74, 6) is 0.499. The molecule has 2 aliphatic rings. The number of hydrogen-bond acceptors (Lipinski definition) is 1. The third kappa shape index (κ3) is 2.21. The SMILES string of the molecule is CC1=NC(C2C=CC=C(c3ccccc3)C2)C=C1. The fraction of sp³-hybridized carbons (Fsp3) is 0.235. The van der Waals surface area contributed by atoms with Crippen LogP contribution in [0, 0.1) is 5.92 Å². The minimum atomic E-state index is 0.327. The number of rotatable bonds is 2. The highest BCUT2D eigenvalue weighted by molar-refractivity contribution is 5.94. The smallest absolute Gasteiger partial charge is 0.0752 e. The minimum Gasteiger partial charge on any atom is -0.282 e. The predicted molar refractivity (Wildman–Crippen MR) is 77.7 cm³/mol. The first-order valence-corrected chi connectivity index (χ1v) is 6.48. The molecule has 1 heterocycles. The zero-order valence-corrected chi connectivity index (χ0v) is 10.6. The Bertz CT molecular complexity index is 546. The predicted octanol–water partition coefficient (Wildman–Crippen LogP) is 4.05. The molecule has 0 aromatic heterocycles. The molecule has 1 heteroatoms. The van der Waals surface area contributed by atoms with E-state index in [-0.39, 0.29) is 0 Å². The molecule has 0 N–H and O–H groups in total. The van der Waals surface area contributed by atoms with Crippen LogP contribution in [0.15, 0.2) is 65.7 Å². The molecular formula is C17H17N. The summed E-state index contributed by atoms with van der Waals surface area (Å²) >= 11 is 0. The quantitative estimate of drug-likeness (QED) is 0.733. The molecule has 1 aromatic rings. The molecule has 3 rings (SSSR count). The van der Waals surface area contributed by atoms with Crippen molar-refractivity contribution in [2.75, 3.05) is 0 Å². The highest BCUT2D eigenvalue weighted by atomic mass is 14.8. The molecule has 0 radical (unpaired) electrons. The standard InChI is InChI=1S/C17H17N/c1-13-10-11-17(18-13)16-9-5-8-15(12-16)14-6-3-2-4-7-14/h2-11,16-17H,12H2,1H3. The Morgan fingerprint density at radius 3 is 2.67 bits per heavy atom. The normalized spacial score (nSPS) is 26.1. The first-order chi connectivity index (χ1) is 8.83. The van der Waals surface area contributed by atoms with Gasteiger partial charge in [-0.2, -0.15) is 0 Å². The van der Waals surface area contributed by atoms with Gasteiger partial charge in [0, 0.05) is 11.6 Å². The van der Waals surface area contributed by atoms with E-state index < -0.39 is 0 Å². The first-order valence-electron chi connectivity index (χ1n) is 6.48. The van der Waals surface area contributed by atoms with Gasteiger partial charge >= 0.3 is 0 Å². The van der Waals surface area contributed by atoms with Gasteiger partial charge in [-0.25, -0.2) is 0 Å². The zero-order valence-electron chi connectivity index (χ0n) is 10.6. The second kappa shape index (κ2) is 4.77. The zero-order chi connectivity index (χ0) is 12.4. The molecule has 0 bridgehead atoms. The maximum absolute atomic E-state index is 4.67. The molecule has 2 unspecified atom stereocenters. The molecule has 1 nitrogen and oxygen atoms in total. The Kier molecular flexibility index (Phi) is 2.97. The fourth-order valence-corrected chi connectivity index (χ4v) is 2.60. The highest BCUT2D eigenvalue weighted by Gasteiger charge is 2.22. The van der Waals surface area contributed by atoms with Crippen molar-refractivity contribution < 1.29 is 0 Å². The summed E-state index contributed by atoms with van der Waals surface area (Å²) in [5.41, 5.74) is 3.88. The molecule has 0 fully saturated rings. The van der Waals surface area contributed by atoms with Crippen molar-refractivity contribution in [3.05, 3.63) is 66.3 Å². The van der Waals surface area contributed by atoms with Gasteiger partial charge in [0.05, 0.1) is 6.04 Å². The lowest BCUT2D eigenvalue weighted by molar-refractivity contribution is 0.594. The van der Waals surface area contributed by atoms with Crippen molar-refractivity contribution >= 4 is 11.3 Å². The molecule has 2 atom stereocenters. The van der Waals surface area contributed by atoms with Gasteiger partial charge in [-0.1, -0.05) is 54.6 Å². The topological polar surface area (TPSA) is 12.4 Å². The Labute approximate surface area is 108 Å². The average Bonchev–Trinajstić information content (AvgIpc) is 2.87. The van der Waals surface area contributed by atoms with Crippen molar-refractivity contribution in [1.29, 1.82) is 0 Å². The van der Waals surface area contributed by atoms with Crippen LogP contribution in [0.5, 0.6) is 0 Å². The Morgan fingerprint density at radius 2 is 1.94 bits per heavy atom. The van der Waals surface area contributed by atoms with Crippen LogP contribution in [0.2, 0.25) is 0 Å². The second-order valence-electron chi connectivity index (χ2n) is 4.93. The molecule has 0 spiro atoms. The van der Waals surface area contributed by atoms with E-state index in [0.717, 1.165) is 12.1 Å². The van der Waals surface area contributed by atoms with Gasteiger partial charge in [0.1, 0.15) is 0 Å². The molecule has 0 saturated heterocycles. The largest absolute Gasteiger partial charge is 0.282 e. The molecule has 1 aliphatic heterocycles. The molecule has 90 valence electrons. The lowest BCUT2D eigenvalue weighted by Gasteiger charge is -2.21. The number of aliphatic imine (C=N–C) groups is 1. The van der Waals surface area contributed by atoms with Crippen molar-refractivity contribution in [2.45, 2.75) is 19.4 Å². The summed E-state index contributed by atoms with van der Waals surface area (Å²) in [6, 6.07) is 11.0. The van der Waals surface area contributed by atoms with Crippen LogP contribution >= 0.6 is 0 Å². The molecule has 1 aliphatic carbocycles. The van der Waals surface area contributed by atoms with E-state index in [1.807, 2.05) is 0 Å². The molecule has 0 amide bonds. The van der Waals surface area contributed by atoms with Gasteiger partial charge < -0.3 is 0 Å². The van der Waals surface area contributed by atoms with Gasteiger partial charge in [-0.3, -0.25) is 4.99 Å². The van der Waals surface area contributed by atoms with Crippen LogP contribution in [0.3, 0.4) is 0 Å². The Morgan fingerprint density at radius 1 is 1.11 bits per heavy atom. The van der Waals surface area contributed by atoms with Crippen molar-refractivity contribution in [3.8, 4) is 0 Å². The van der Waals surface area contributed by atoms with E-state index in [1.165, 1.54) is 11.1 Å². The van der Waals surface area contributed by atoms with E-state index in [4.69, 9.17) is 0 Å². The van der Waals surface area contributed by atoms with Gasteiger partial charge in [0.15, 0.2) is 0 Å². The van der Waals surface area contributed by atoms with Crippen LogP contribution in [0.25, 0.3) is 5.57 Å². The van der Waals surface area contributed by atoms with E-state index >= 15 is 0 Å². The Hall–Kier alpha value is -1.89.